The van der Waals surface area contributed by atoms with Crippen LogP contribution in [0.25, 0.3) is 0 Å². The van der Waals surface area contributed by atoms with Crippen molar-refractivity contribution >= 4 is 11.9 Å². The third kappa shape index (κ3) is 22.5. The number of aliphatic hydroxyl groups is 2. The Kier molecular flexibility index (Phi) is 16.8. The van der Waals surface area contributed by atoms with E-state index < -0.39 is 24.1 Å². The molecule has 0 aromatic rings. The number of aliphatic carboxylic acids is 2. The summed E-state index contributed by atoms with van der Waals surface area (Å²) in [6, 6.07) is 0. The van der Waals surface area contributed by atoms with E-state index in [4.69, 9.17) is 23.8 Å². The van der Waals surface area contributed by atoms with Gasteiger partial charge in [0.05, 0.1) is 0 Å². The van der Waals surface area contributed by atoms with Crippen molar-refractivity contribution in [3.63, 3.8) is 0 Å². The molecule has 0 aromatic carbocycles. The molecule has 2 atom stereocenters. The molecule has 82 valence electrons. The average Bonchev–Trinajstić information content (AvgIpc) is 2.08. The number of hydrogen-bond acceptors (Lipinski definition) is 5. The molecule has 8 heteroatoms. The third-order valence-electron chi connectivity index (χ3n) is 0.715. The second-order valence-corrected chi connectivity index (χ2v) is 2.03. The van der Waals surface area contributed by atoms with Gasteiger partial charge in [0.2, 0.25) is 0 Å². The standard InChI is InChI=1S/2C3H6O3.O.Ti/c2*1-2(4)3(5)6;;/h2*2,4H,1H3,(H,5,6);;. The fraction of sp³-hybridized carbons (Fsp3) is 0.667. The topological polar surface area (TPSA) is 132 Å². The molecule has 0 radical (unpaired) electrons. The molecule has 0 aliphatic heterocycles. The van der Waals surface area contributed by atoms with Crippen LogP contribution in [0.15, 0.2) is 0 Å². The zero-order chi connectivity index (χ0) is 12.3. The summed E-state index contributed by atoms with van der Waals surface area (Å²) in [7, 11) is 0. The van der Waals surface area contributed by atoms with Crippen LogP contribution in [0, 0.1) is 0 Å². The molecular weight excluding hydrogens is 232 g/mol. The van der Waals surface area contributed by atoms with Crippen LogP contribution in [0.5, 0.6) is 0 Å². The van der Waals surface area contributed by atoms with Crippen LogP contribution in [-0.4, -0.2) is 44.6 Å². The van der Waals surface area contributed by atoms with Gasteiger partial charge < -0.3 is 20.4 Å². The fourth-order valence-electron chi connectivity index (χ4n) is 0. The second kappa shape index (κ2) is 12.4. The van der Waals surface area contributed by atoms with Gasteiger partial charge in [0.25, 0.3) is 0 Å². The van der Waals surface area contributed by atoms with E-state index in [0.717, 1.165) is 20.4 Å². The molecule has 0 rings (SSSR count). The first-order valence-corrected chi connectivity index (χ1v) is 3.95. The van der Waals surface area contributed by atoms with Gasteiger partial charge in [-0.1, -0.05) is 0 Å². The summed E-state index contributed by atoms with van der Waals surface area (Å²) in [5.74, 6) is -2.37. The quantitative estimate of drug-likeness (QED) is 0.447. The molecule has 0 spiro atoms. The zero-order valence-corrected chi connectivity index (χ0v) is 9.23. The van der Waals surface area contributed by atoms with E-state index >= 15 is 0 Å². The molecule has 2 unspecified atom stereocenters. The van der Waals surface area contributed by atoms with Crippen LogP contribution in [0.4, 0.5) is 0 Å². The van der Waals surface area contributed by atoms with Crippen molar-refractivity contribution in [3.05, 3.63) is 0 Å². The van der Waals surface area contributed by atoms with Gasteiger partial charge in [-0.05, 0) is 13.8 Å². The molecule has 0 saturated carbocycles. The number of rotatable bonds is 2. The first kappa shape index (κ1) is 19.0. The Bertz CT molecular complexity index is 150. The van der Waals surface area contributed by atoms with Crippen LogP contribution in [0.3, 0.4) is 0 Å². The molecule has 0 bridgehead atoms. The fourth-order valence-corrected chi connectivity index (χ4v) is 0. The second-order valence-electron chi connectivity index (χ2n) is 2.03. The first-order valence-electron chi connectivity index (χ1n) is 3.31. The number of carbonyl (C=O) groups is 2. The van der Waals surface area contributed by atoms with Crippen molar-refractivity contribution in [2.45, 2.75) is 26.1 Å². The van der Waals surface area contributed by atoms with Crippen molar-refractivity contribution in [1.82, 2.24) is 0 Å². The van der Waals surface area contributed by atoms with E-state index in [1.54, 1.807) is 0 Å². The van der Waals surface area contributed by atoms with Crippen molar-refractivity contribution < 1.29 is 53.7 Å². The Hall–Kier alpha value is -0.626. The number of aliphatic hydroxyl groups excluding tert-OH is 2. The maximum atomic E-state index is 9.45. The molecule has 0 aromatic heterocycles. The van der Waals surface area contributed by atoms with Crippen molar-refractivity contribution in [1.29, 1.82) is 0 Å². The maximum absolute atomic E-state index is 9.45. The monoisotopic (exact) mass is 244 g/mol. The van der Waals surface area contributed by atoms with Crippen molar-refractivity contribution in [3.8, 4) is 0 Å². The van der Waals surface area contributed by atoms with Crippen LogP contribution >= 0.6 is 0 Å². The van der Waals surface area contributed by atoms with Crippen LogP contribution in [-0.2, 0) is 33.3 Å². The molecule has 4 N–H and O–H groups in total. The SMILES string of the molecule is CC(O)C(=O)O.CC(O)C(=O)O.[O]=[Ti]. The summed E-state index contributed by atoms with van der Waals surface area (Å²) in [5, 5.41) is 31.5. The minimum absolute atomic E-state index is 0.750. The van der Waals surface area contributed by atoms with Crippen LogP contribution < -0.4 is 0 Å². The molecule has 0 saturated heterocycles. The minimum atomic E-state index is -1.23. The summed E-state index contributed by atoms with van der Waals surface area (Å²) >= 11 is 0.750. The van der Waals surface area contributed by atoms with Gasteiger partial charge in [-0.2, -0.15) is 0 Å². The Balaban J connectivity index is -0.000000147. The summed E-state index contributed by atoms with van der Waals surface area (Å²) < 4.78 is 8.25. The van der Waals surface area contributed by atoms with E-state index in [2.05, 4.69) is 0 Å². The van der Waals surface area contributed by atoms with E-state index in [0.29, 0.717) is 0 Å². The first-order chi connectivity index (χ1) is 6.29. The molecule has 7 nitrogen and oxygen atoms in total. The Morgan fingerprint density at radius 3 is 1.00 bits per heavy atom. The van der Waals surface area contributed by atoms with Gasteiger partial charge in [0.1, 0.15) is 12.2 Å². The van der Waals surface area contributed by atoms with Gasteiger partial charge in [0, 0.05) is 0 Å². The van der Waals surface area contributed by atoms with Gasteiger partial charge in [-0.15, -0.1) is 0 Å². The van der Waals surface area contributed by atoms with Crippen LogP contribution in [0.1, 0.15) is 13.8 Å². The Morgan fingerprint density at radius 1 is 0.929 bits per heavy atom. The van der Waals surface area contributed by atoms with Gasteiger partial charge in [0.15, 0.2) is 0 Å². The average molecular weight is 244 g/mol. The molecule has 0 heterocycles. The summed E-state index contributed by atoms with van der Waals surface area (Å²) in [6.07, 6.45) is -2.46. The van der Waals surface area contributed by atoms with Crippen molar-refractivity contribution in [2.24, 2.45) is 0 Å². The van der Waals surface area contributed by atoms with Crippen molar-refractivity contribution in [2.75, 3.05) is 0 Å². The summed E-state index contributed by atoms with van der Waals surface area (Å²) in [4.78, 5) is 18.9. The van der Waals surface area contributed by atoms with E-state index in [1.165, 1.54) is 13.8 Å². The molecular formula is C6H12O7Ti. The molecule has 0 amide bonds. The predicted molar refractivity (Wildman–Crippen MR) is 39.3 cm³/mol. The third-order valence-corrected chi connectivity index (χ3v) is 0.715. The molecule has 0 fully saturated rings. The molecule has 0 aliphatic carbocycles. The van der Waals surface area contributed by atoms with Crippen LogP contribution in [0.2, 0.25) is 0 Å². The number of carboxylic acid groups (broad SMARTS) is 2. The number of hydrogen-bond donors (Lipinski definition) is 4. The predicted octanol–water partition coefficient (Wildman–Crippen LogP) is -1.22. The van der Waals surface area contributed by atoms with Gasteiger partial charge in [-0.3, -0.25) is 0 Å². The van der Waals surface area contributed by atoms with Gasteiger partial charge in [-0.25, -0.2) is 9.59 Å². The Labute approximate surface area is 92.1 Å². The van der Waals surface area contributed by atoms with E-state index in [-0.39, 0.29) is 0 Å². The summed E-state index contributed by atoms with van der Waals surface area (Å²) in [5.41, 5.74) is 0. The molecule has 14 heavy (non-hydrogen) atoms. The van der Waals surface area contributed by atoms with Gasteiger partial charge >= 0.3 is 35.7 Å². The van der Waals surface area contributed by atoms with E-state index in [1.807, 2.05) is 0 Å². The summed E-state index contributed by atoms with van der Waals surface area (Å²) in [6.45, 7) is 2.39. The molecule has 0 aliphatic rings. The normalized spacial score (nSPS) is 11.9. The zero-order valence-electron chi connectivity index (χ0n) is 7.67. The Morgan fingerprint density at radius 2 is 1.00 bits per heavy atom. The van der Waals surface area contributed by atoms with E-state index in [9.17, 15) is 9.59 Å². The number of carboxylic acids is 2.